The summed E-state index contributed by atoms with van der Waals surface area (Å²) in [6.45, 7) is 4.09. The first-order chi connectivity index (χ1) is 8.26. The molecule has 0 amide bonds. The standard InChI is InChI=1S/C16H20O/c1-3-5-9-14(4-2)12-16(17)13-15-10-7-6-8-11-15/h3,5-8,10-12H,4,9,13H2,1-2H3/b5-3?,14-12+. The lowest BCUT2D eigenvalue weighted by Crippen LogP contribution is -2.00. The molecule has 0 heterocycles. The number of benzene rings is 1. The van der Waals surface area contributed by atoms with E-state index in [-0.39, 0.29) is 5.78 Å². The third-order valence-electron chi connectivity index (χ3n) is 2.66. The van der Waals surface area contributed by atoms with Crippen molar-refractivity contribution in [3.8, 4) is 0 Å². The highest BCUT2D eigenvalue weighted by Gasteiger charge is 2.01. The Balaban J connectivity index is 2.60. The van der Waals surface area contributed by atoms with Gasteiger partial charge < -0.3 is 0 Å². The highest BCUT2D eigenvalue weighted by molar-refractivity contribution is 5.92. The van der Waals surface area contributed by atoms with Crippen LogP contribution in [0.4, 0.5) is 0 Å². The number of allylic oxidation sites excluding steroid dienone is 4. The van der Waals surface area contributed by atoms with Gasteiger partial charge in [0.1, 0.15) is 0 Å². The topological polar surface area (TPSA) is 17.1 Å². The molecule has 0 aliphatic carbocycles. The SMILES string of the molecule is CC=CC/C(=C/C(=O)Cc1ccccc1)CC. The Morgan fingerprint density at radius 3 is 2.53 bits per heavy atom. The van der Waals surface area contributed by atoms with Crippen molar-refractivity contribution in [2.45, 2.75) is 33.1 Å². The van der Waals surface area contributed by atoms with Crippen molar-refractivity contribution in [1.29, 1.82) is 0 Å². The number of rotatable bonds is 6. The molecule has 0 N–H and O–H groups in total. The van der Waals surface area contributed by atoms with Crippen LogP contribution in [-0.2, 0) is 11.2 Å². The zero-order valence-electron chi connectivity index (χ0n) is 10.6. The van der Waals surface area contributed by atoms with Crippen molar-refractivity contribution in [3.05, 3.63) is 59.7 Å². The van der Waals surface area contributed by atoms with Gasteiger partial charge in [0.15, 0.2) is 5.78 Å². The second kappa shape index (κ2) is 7.61. The third-order valence-corrected chi connectivity index (χ3v) is 2.66. The molecule has 17 heavy (non-hydrogen) atoms. The van der Waals surface area contributed by atoms with Crippen molar-refractivity contribution in [3.63, 3.8) is 0 Å². The Morgan fingerprint density at radius 2 is 1.94 bits per heavy atom. The predicted molar refractivity (Wildman–Crippen MR) is 73.0 cm³/mol. The number of hydrogen-bond acceptors (Lipinski definition) is 1. The van der Waals surface area contributed by atoms with Gasteiger partial charge in [0.25, 0.3) is 0 Å². The molecule has 1 aromatic rings. The number of carbonyl (C=O) groups is 1. The van der Waals surface area contributed by atoms with E-state index < -0.39 is 0 Å². The quantitative estimate of drug-likeness (QED) is 0.529. The first-order valence-electron chi connectivity index (χ1n) is 6.13. The zero-order chi connectivity index (χ0) is 12.5. The van der Waals surface area contributed by atoms with E-state index in [1.165, 1.54) is 5.57 Å². The molecular formula is C16H20O. The molecule has 0 unspecified atom stereocenters. The van der Waals surface area contributed by atoms with Crippen LogP contribution in [0.1, 0.15) is 32.3 Å². The van der Waals surface area contributed by atoms with Crippen LogP contribution in [0.3, 0.4) is 0 Å². The number of ketones is 1. The summed E-state index contributed by atoms with van der Waals surface area (Å²) >= 11 is 0. The van der Waals surface area contributed by atoms with Gasteiger partial charge in [-0.1, -0.05) is 55.0 Å². The largest absolute Gasteiger partial charge is 0.294 e. The van der Waals surface area contributed by atoms with E-state index in [2.05, 4.69) is 13.0 Å². The molecule has 0 aliphatic heterocycles. The first-order valence-corrected chi connectivity index (χ1v) is 6.13. The third kappa shape index (κ3) is 5.30. The normalized spacial score (nSPS) is 12.0. The monoisotopic (exact) mass is 228 g/mol. The Hall–Kier alpha value is -1.63. The zero-order valence-corrected chi connectivity index (χ0v) is 10.6. The summed E-state index contributed by atoms with van der Waals surface area (Å²) in [6, 6.07) is 9.87. The Labute approximate surface area is 104 Å². The molecule has 0 atom stereocenters. The minimum atomic E-state index is 0.192. The minimum absolute atomic E-state index is 0.192. The van der Waals surface area contributed by atoms with Crippen LogP contribution in [0.15, 0.2) is 54.1 Å². The highest BCUT2D eigenvalue weighted by atomic mass is 16.1. The molecule has 90 valence electrons. The lowest BCUT2D eigenvalue weighted by Gasteiger charge is -2.01. The fraction of sp³-hybridized carbons (Fsp3) is 0.312. The fourth-order valence-electron chi connectivity index (χ4n) is 1.65. The van der Waals surface area contributed by atoms with Crippen LogP contribution in [0.25, 0.3) is 0 Å². The molecule has 0 aromatic heterocycles. The maximum Gasteiger partial charge on any atom is 0.160 e. The number of hydrogen-bond donors (Lipinski definition) is 0. The van der Waals surface area contributed by atoms with Crippen molar-refractivity contribution < 1.29 is 4.79 Å². The molecule has 0 aliphatic rings. The van der Waals surface area contributed by atoms with Gasteiger partial charge >= 0.3 is 0 Å². The maximum atomic E-state index is 11.8. The van der Waals surface area contributed by atoms with Crippen LogP contribution in [0.5, 0.6) is 0 Å². The van der Waals surface area contributed by atoms with Crippen molar-refractivity contribution in [1.82, 2.24) is 0 Å². The van der Waals surface area contributed by atoms with Crippen molar-refractivity contribution >= 4 is 5.78 Å². The van der Waals surface area contributed by atoms with Gasteiger partial charge in [-0.15, -0.1) is 0 Å². The summed E-state index contributed by atoms with van der Waals surface area (Å²) in [5.74, 6) is 0.192. The lowest BCUT2D eigenvalue weighted by molar-refractivity contribution is -0.114. The number of carbonyl (C=O) groups excluding carboxylic acids is 1. The molecule has 0 saturated heterocycles. The van der Waals surface area contributed by atoms with Gasteiger partial charge in [0.2, 0.25) is 0 Å². The molecule has 1 nitrogen and oxygen atoms in total. The molecule has 0 spiro atoms. The van der Waals surface area contributed by atoms with E-state index in [0.717, 1.165) is 18.4 Å². The van der Waals surface area contributed by atoms with E-state index in [9.17, 15) is 4.79 Å². The molecule has 0 radical (unpaired) electrons. The molecule has 0 fully saturated rings. The summed E-state index contributed by atoms with van der Waals surface area (Å²) in [4.78, 5) is 11.8. The summed E-state index contributed by atoms with van der Waals surface area (Å²) in [5, 5.41) is 0. The van der Waals surface area contributed by atoms with Crippen LogP contribution < -0.4 is 0 Å². The average Bonchev–Trinajstić information content (AvgIpc) is 2.35. The second-order valence-electron chi connectivity index (χ2n) is 4.06. The lowest BCUT2D eigenvalue weighted by atomic mass is 10.0. The fourth-order valence-corrected chi connectivity index (χ4v) is 1.65. The van der Waals surface area contributed by atoms with Crippen molar-refractivity contribution in [2.24, 2.45) is 0 Å². The molecular weight excluding hydrogens is 208 g/mol. The summed E-state index contributed by atoms with van der Waals surface area (Å²) in [6.07, 6.45) is 8.22. The van der Waals surface area contributed by atoms with E-state index in [1.807, 2.05) is 43.3 Å². The first kappa shape index (κ1) is 13.4. The van der Waals surface area contributed by atoms with Gasteiger partial charge in [0.05, 0.1) is 0 Å². The van der Waals surface area contributed by atoms with E-state index in [0.29, 0.717) is 6.42 Å². The average molecular weight is 228 g/mol. The van der Waals surface area contributed by atoms with Gasteiger partial charge in [-0.25, -0.2) is 0 Å². The smallest absolute Gasteiger partial charge is 0.160 e. The van der Waals surface area contributed by atoms with Crippen LogP contribution >= 0.6 is 0 Å². The second-order valence-corrected chi connectivity index (χ2v) is 4.06. The Morgan fingerprint density at radius 1 is 1.24 bits per heavy atom. The highest BCUT2D eigenvalue weighted by Crippen LogP contribution is 2.09. The van der Waals surface area contributed by atoms with Crippen LogP contribution in [0, 0.1) is 0 Å². The van der Waals surface area contributed by atoms with E-state index >= 15 is 0 Å². The molecule has 1 heteroatoms. The Bertz CT molecular complexity index is 399. The predicted octanol–water partition coefficient (Wildman–Crippen LogP) is 4.10. The summed E-state index contributed by atoms with van der Waals surface area (Å²) in [7, 11) is 0. The van der Waals surface area contributed by atoms with Gasteiger partial charge in [-0.2, -0.15) is 0 Å². The molecule has 1 aromatic carbocycles. The van der Waals surface area contributed by atoms with Crippen molar-refractivity contribution in [2.75, 3.05) is 0 Å². The van der Waals surface area contributed by atoms with Gasteiger partial charge in [-0.05, 0) is 31.4 Å². The van der Waals surface area contributed by atoms with E-state index in [1.54, 1.807) is 6.08 Å². The summed E-state index contributed by atoms with van der Waals surface area (Å²) < 4.78 is 0. The molecule has 0 saturated carbocycles. The van der Waals surface area contributed by atoms with Gasteiger partial charge in [0, 0.05) is 6.42 Å². The Kier molecular flexibility index (Phi) is 6.02. The maximum absolute atomic E-state index is 11.8. The van der Waals surface area contributed by atoms with Crippen LogP contribution in [0.2, 0.25) is 0 Å². The van der Waals surface area contributed by atoms with E-state index in [4.69, 9.17) is 0 Å². The van der Waals surface area contributed by atoms with Crippen LogP contribution in [-0.4, -0.2) is 5.78 Å². The van der Waals surface area contributed by atoms with Gasteiger partial charge in [-0.3, -0.25) is 4.79 Å². The minimum Gasteiger partial charge on any atom is -0.294 e. The summed E-state index contributed by atoms with van der Waals surface area (Å²) in [5.41, 5.74) is 2.28. The molecule has 0 bridgehead atoms. The molecule has 1 rings (SSSR count).